The van der Waals surface area contributed by atoms with Crippen LogP contribution in [0, 0.1) is 11.3 Å². The van der Waals surface area contributed by atoms with Crippen molar-refractivity contribution >= 4 is 0 Å². The number of nitriles is 1. The van der Waals surface area contributed by atoms with E-state index >= 15 is 0 Å². The lowest BCUT2D eigenvalue weighted by molar-refractivity contribution is 0.120. The highest BCUT2D eigenvalue weighted by atomic mass is 19.3. The van der Waals surface area contributed by atoms with Gasteiger partial charge < -0.3 is 0 Å². The maximum atomic E-state index is 11.9. The molecule has 0 N–H and O–H groups in total. The number of aromatic nitrogens is 2. The van der Waals surface area contributed by atoms with Gasteiger partial charge in [0, 0.05) is 6.20 Å². The summed E-state index contributed by atoms with van der Waals surface area (Å²) in [6, 6.07) is 3.44. The van der Waals surface area contributed by atoms with Crippen LogP contribution in [-0.2, 0) is 13.0 Å². The summed E-state index contributed by atoms with van der Waals surface area (Å²) in [6.07, 6.45) is -0.899. The summed E-state index contributed by atoms with van der Waals surface area (Å²) in [7, 11) is 0. The number of hydrogen-bond acceptors (Lipinski definition) is 2. The standard InChI is InChI=1S/C7H7F2N3/c8-7(9)5-12-6(1-3-10)2-4-11-12/h2,4,7H,1,5H2. The summed E-state index contributed by atoms with van der Waals surface area (Å²) in [5, 5.41) is 12.0. The average molecular weight is 171 g/mol. The molecule has 0 aliphatic rings. The molecule has 0 saturated heterocycles. The van der Waals surface area contributed by atoms with E-state index in [9.17, 15) is 8.78 Å². The van der Waals surface area contributed by atoms with Crippen LogP contribution in [0.1, 0.15) is 5.69 Å². The van der Waals surface area contributed by atoms with Gasteiger partial charge in [-0.1, -0.05) is 0 Å². The van der Waals surface area contributed by atoms with E-state index in [-0.39, 0.29) is 6.42 Å². The van der Waals surface area contributed by atoms with Gasteiger partial charge in [-0.3, -0.25) is 4.68 Å². The SMILES string of the molecule is N#CCc1ccnn1CC(F)F. The van der Waals surface area contributed by atoms with E-state index < -0.39 is 13.0 Å². The first-order valence-electron chi connectivity index (χ1n) is 3.40. The number of nitrogens with zero attached hydrogens (tertiary/aromatic N) is 3. The number of halogens is 2. The lowest BCUT2D eigenvalue weighted by atomic mass is 10.3. The molecule has 0 unspecified atom stereocenters. The van der Waals surface area contributed by atoms with Crippen molar-refractivity contribution in [1.29, 1.82) is 5.26 Å². The second-order valence-corrected chi connectivity index (χ2v) is 2.23. The lowest BCUT2D eigenvalue weighted by Gasteiger charge is -2.02. The normalized spacial score (nSPS) is 10.2. The van der Waals surface area contributed by atoms with Crippen LogP contribution >= 0.6 is 0 Å². The molecule has 0 bridgehead atoms. The highest BCUT2D eigenvalue weighted by molar-refractivity contribution is 5.06. The van der Waals surface area contributed by atoms with Crippen molar-refractivity contribution in [3.05, 3.63) is 18.0 Å². The van der Waals surface area contributed by atoms with E-state index in [1.165, 1.54) is 6.20 Å². The van der Waals surface area contributed by atoms with Gasteiger partial charge in [0.2, 0.25) is 0 Å². The van der Waals surface area contributed by atoms with Crippen molar-refractivity contribution in [2.45, 2.75) is 19.4 Å². The molecule has 1 aromatic heterocycles. The third-order valence-corrected chi connectivity index (χ3v) is 1.38. The number of rotatable bonds is 3. The zero-order valence-electron chi connectivity index (χ0n) is 6.24. The molecule has 1 heterocycles. The second kappa shape index (κ2) is 3.81. The smallest absolute Gasteiger partial charge is 0.257 e. The van der Waals surface area contributed by atoms with Gasteiger partial charge in [0.25, 0.3) is 6.43 Å². The highest BCUT2D eigenvalue weighted by Crippen LogP contribution is 2.03. The Balaban J connectivity index is 2.71. The van der Waals surface area contributed by atoms with Gasteiger partial charge in [0.05, 0.1) is 18.2 Å². The molecule has 0 aromatic carbocycles. The third kappa shape index (κ3) is 2.02. The molecule has 0 aliphatic carbocycles. The first kappa shape index (κ1) is 8.65. The van der Waals surface area contributed by atoms with Gasteiger partial charge in [0.15, 0.2) is 0 Å². The number of hydrogen-bond donors (Lipinski definition) is 0. The Bertz CT molecular complexity index is 287. The minimum absolute atomic E-state index is 0.118. The largest absolute Gasteiger partial charge is 0.263 e. The maximum Gasteiger partial charge on any atom is 0.257 e. The van der Waals surface area contributed by atoms with E-state index in [0.29, 0.717) is 5.69 Å². The fraction of sp³-hybridized carbons (Fsp3) is 0.429. The third-order valence-electron chi connectivity index (χ3n) is 1.38. The van der Waals surface area contributed by atoms with Crippen LogP contribution < -0.4 is 0 Å². The predicted octanol–water partition coefficient (Wildman–Crippen LogP) is 1.21. The molecule has 5 heteroatoms. The zero-order valence-corrected chi connectivity index (χ0v) is 6.24. The van der Waals surface area contributed by atoms with Gasteiger partial charge in [-0.05, 0) is 6.07 Å². The van der Waals surface area contributed by atoms with Crippen molar-refractivity contribution in [2.24, 2.45) is 0 Å². The summed E-state index contributed by atoms with van der Waals surface area (Å²) in [5.74, 6) is 0. The van der Waals surface area contributed by atoms with Gasteiger partial charge in [-0.15, -0.1) is 0 Å². The number of alkyl halides is 2. The van der Waals surface area contributed by atoms with Crippen molar-refractivity contribution in [3.8, 4) is 6.07 Å². The second-order valence-electron chi connectivity index (χ2n) is 2.23. The summed E-state index contributed by atoms with van der Waals surface area (Å²) >= 11 is 0. The van der Waals surface area contributed by atoms with E-state index in [4.69, 9.17) is 5.26 Å². The summed E-state index contributed by atoms with van der Waals surface area (Å²) in [5.41, 5.74) is 0.526. The van der Waals surface area contributed by atoms with E-state index in [1.807, 2.05) is 6.07 Å². The minimum Gasteiger partial charge on any atom is -0.263 e. The lowest BCUT2D eigenvalue weighted by Crippen LogP contribution is -2.10. The minimum atomic E-state index is -2.43. The quantitative estimate of drug-likeness (QED) is 0.686. The molecular weight excluding hydrogens is 164 g/mol. The Morgan fingerprint density at radius 1 is 1.67 bits per heavy atom. The summed E-state index contributed by atoms with van der Waals surface area (Å²) in [6.45, 7) is -0.440. The first-order valence-corrected chi connectivity index (χ1v) is 3.40. The monoisotopic (exact) mass is 171 g/mol. The molecule has 0 saturated carbocycles. The topological polar surface area (TPSA) is 41.6 Å². The van der Waals surface area contributed by atoms with Crippen LogP contribution in [0.15, 0.2) is 12.3 Å². The van der Waals surface area contributed by atoms with Crippen molar-refractivity contribution in [3.63, 3.8) is 0 Å². The van der Waals surface area contributed by atoms with Gasteiger partial charge >= 0.3 is 0 Å². The molecule has 3 nitrogen and oxygen atoms in total. The van der Waals surface area contributed by atoms with Gasteiger partial charge in [-0.25, -0.2) is 8.78 Å². The molecule has 0 amide bonds. The van der Waals surface area contributed by atoms with Gasteiger partial charge in [-0.2, -0.15) is 10.4 Å². The molecular formula is C7H7F2N3. The molecule has 1 aromatic rings. The van der Waals surface area contributed by atoms with E-state index in [2.05, 4.69) is 5.10 Å². The maximum absolute atomic E-state index is 11.9. The molecule has 1 rings (SSSR count). The zero-order chi connectivity index (χ0) is 8.97. The van der Waals surface area contributed by atoms with E-state index in [1.54, 1.807) is 6.07 Å². The Morgan fingerprint density at radius 3 is 3.00 bits per heavy atom. The molecule has 64 valence electrons. The molecule has 0 fully saturated rings. The van der Waals surface area contributed by atoms with Crippen molar-refractivity contribution < 1.29 is 8.78 Å². The van der Waals surface area contributed by atoms with Crippen LogP contribution in [0.3, 0.4) is 0 Å². The first-order chi connectivity index (χ1) is 5.74. The van der Waals surface area contributed by atoms with Crippen LogP contribution in [0.25, 0.3) is 0 Å². The summed E-state index contributed by atoms with van der Waals surface area (Å²) in [4.78, 5) is 0. The fourth-order valence-electron chi connectivity index (χ4n) is 0.886. The summed E-state index contributed by atoms with van der Waals surface area (Å²) < 4.78 is 24.9. The highest BCUT2D eigenvalue weighted by Gasteiger charge is 2.07. The molecule has 0 radical (unpaired) electrons. The van der Waals surface area contributed by atoms with Crippen LogP contribution in [-0.4, -0.2) is 16.2 Å². The molecule has 12 heavy (non-hydrogen) atoms. The van der Waals surface area contributed by atoms with E-state index in [0.717, 1.165) is 4.68 Å². The Labute approximate surface area is 68.2 Å². The molecule has 0 spiro atoms. The van der Waals surface area contributed by atoms with Crippen LogP contribution in [0.2, 0.25) is 0 Å². The van der Waals surface area contributed by atoms with Gasteiger partial charge in [0.1, 0.15) is 6.54 Å². The predicted molar refractivity (Wildman–Crippen MR) is 37.5 cm³/mol. The van der Waals surface area contributed by atoms with Crippen molar-refractivity contribution in [1.82, 2.24) is 9.78 Å². The molecule has 0 aliphatic heterocycles. The van der Waals surface area contributed by atoms with Crippen LogP contribution in [0.5, 0.6) is 0 Å². The molecule has 0 atom stereocenters. The van der Waals surface area contributed by atoms with Crippen molar-refractivity contribution in [2.75, 3.05) is 0 Å². The Kier molecular flexibility index (Phi) is 2.75. The fourth-order valence-corrected chi connectivity index (χ4v) is 0.886. The Hall–Kier alpha value is -1.44. The Morgan fingerprint density at radius 2 is 2.42 bits per heavy atom. The van der Waals surface area contributed by atoms with Crippen LogP contribution in [0.4, 0.5) is 8.78 Å². The average Bonchev–Trinajstić information content (AvgIpc) is 2.37.